The Labute approximate surface area is 84.1 Å². The Morgan fingerprint density at radius 3 is 2.15 bits per heavy atom. The van der Waals surface area contributed by atoms with Crippen molar-refractivity contribution < 1.29 is 0 Å². The zero-order chi connectivity index (χ0) is 9.68. The van der Waals surface area contributed by atoms with Gasteiger partial charge in [0.2, 0.25) is 0 Å². The van der Waals surface area contributed by atoms with E-state index in [1.807, 2.05) is 0 Å². The molecule has 78 valence electrons. The van der Waals surface area contributed by atoms with Gasteiger partial charge in [0.15, 0.2) is 0 Å². The summed E-state index contributed by atoms with van der Waals surface area (Å²) in [6.07, 6.45) is 10.2. The number of rotatable bonds is 4. The SMILES string of the molecule is CCC(CC)C1CCCCC1CC. The molecule has 0 spiro atoms. The maximum Gasteiger partial charge on any atom is -0.0358 e. The molecule has 0 nitrogen and oxygen atoms in total. The van der Waals surface area contributed by atoms with Gasteiger partial charge in [-0.25, -0.2) is 0 Å². The summed E-state index contributed by atoms with van der Waals surface area (Å²) in [6.45, 7) is 7.12. The zero-order valence-corrected chi connectivity index (χ0v) is 9.68. The van der Waals surface area contributed by atoms with Crippen LogP contribution in [-0.2, 0) is 0 Å². The molecule has 1 aliphatic rings. The van der Waals surface area contributed by atoms with Gasteiger partial charge in [-0.15, -0.1) is 0 Å². The van der Waals surface area contributed by atoms with Gasteiger partial charge in [-0.2, -0.15) is 0 Å². The van der Waals surface area contributed by atoms with E-state index in [-0.39, 0.29) is 0 Å². The fourth-order valence-corrected chi connectivity index (χ4v) is 3.26. The fourth-order valence-electron chi connectivity index (χ4n) is 3.26. The molecule has 0 radical (unpaired) electrons. The second-order valence-electron chi connectivity index (χ2n) is 4.69. The molecule has 0 N–H and O–H groups in total. The fraction of sp³-hybridized carbons (Fsp3) is 1.00. The monoisotopic (exact) mass is 182 g/mol. The van der Waals surface area contributed by atoms with Crippen LogP contribution in [0.1, 0.15) is 65.7 Å². The summed E-state index contributed by atoms with van der Waals surface area (Å²) < 4.78 is 0. The third kappa shape index (κ3) is 2.72. The number of hydrogen-bond acceptors (Lipinski definition) is 0. The topological polar surface area (TPSA) is 0 Å². The molecule has 0 aliphatic heterocycles. The van der Waals surface area contributed by atoms with Crippen molar-refractivity contribution in [2.75, 3.05) is 0 Å². The van der Waals surface area contributed by atoms with Crippen LogP contribution in [0.15, 0.2) is 0 Å². The Hall–Kier alpha value is 0. The van der Waals surface area contributed by atoms with E-state index >= 15 is 0 Å². The second kappa shape index (κ2) is 5.67. The molecular weight excluding hydrogens is 156 g/mol. The van der Waals surface area contributed by atoms with Crippen molar-refractivity contribution >= 4 is 0 Å². The van der Waals surface area contributed by atoms with Crippen molar-refractivity contribution in [1.82, 2.24) is 0 Å². The minimum Gasteiger partial charge on any atom is -0.0651 e. The van der Waals surface area contributed by atoms with Gasteiger partial charge in [-0.05, 0) is 24.2 Å². The van der Waals surface area contributed by atoms with Crippen LogP contribution >= 0.6 is 0 Å². The Bertz CT molecular complexity index is 116. The Balaban J connectivity index is 2.51. The molecule has 2 atom stereocenters. The largest absolute Gasteiger partial charge is 0.0651 e. The van der Waals surface area contributed by atoms with E-state index in [0.29, 0.717) is 0 Å². The molecule has 0 heteroatoms. The quantitative estimate of drug-likeness (QED) is 0.594. The molecule has 1 fully saturated rings. The summed E-state index contributed by atoms with van der Waals surface area (Å²) in [7, 11) is 0. The lowest BCUT2D eigenvalue weighted by atomic mass is 9.70. The molecule has 0 aromatic rings. The molecule has 13 heavy (non-hydrogen) atoms. The van der Waals surface area contributed by atoms with Crippen molar-refractivity contribution in [1.29, 1.82) is 0 Å². The molecule has 0 bridgehead atoms. The summed E-state index contributed by atoms with van der Waals surface area (Å²) in [4.78, 5) is 0. The molecular formula is C13H26. The van der Waals surface area contributed by atoms with Crippen molar-refractivity contribution in [3.05, 3.63) is 0 Å². The lowest BCUT2D eigenvalue weighted by molar-refractivity contribution is 0.148. The average molecular weight is 182 g/mol. The van der Waals surface area contributed by atoms with E-state index in [9.17, 15) is 0 Å². The summed E-state index contributed by atoms with van der Waals surface area (Å²) in [5.41, 5.74) is 0. The van der Waals surface area contributed by atoms with Crippen molar-refractivity contribution in [3.8, 4) is 0 Å². The van der Waals surface area contributed by atoms with Crippen LogP contribution in [0.25, 0.3) is 0 Å². The van der Waals surface area contributed by atoms with Gasteiger partial charge in [0.1, 0.15) is 0 Å². The van der Waals surface area contributed by atoms with Gasteiger partial charge in [-0.3, -0.25) is 0 Å². The summed E-state index contributed by atoms with van der Waals surface area (Å²) in [6, 6.07) is 0. The standard InChI is InChI=1S/C13H26/c1-4-11(5-2)13-10-8-7-9-12(13)6-3/h11-13H,4-10H2,1-3H3. The number of hydrogen-bond donors (Lipinski definition) is 0. The first-order valence-corrected chi connectivity index (χ1v) is 6.33. The maximum atomic E-state index is 2.38. The van der Waals surface area contributed by atoms with Crippen LogP contribution < -0.4 is 0 Å². The molecule has 0 aromatic carbocycles. The van der Waals surface area contributed by atoms with Crippen LogP contribution in [0, 0.1) is 17.8 Å². The van der Waals surface area contributed by atoms with Gasteiger partial charge >= 0.3 is 0 Å². The van der Waals surface area contributed by atoms with Gasteiger partial charge in [0.25, 0.3) is 0 Å². The predicted octanol–water partition coefficient (Wildman–Crippen LogP) is 4.64. The van der Waals surface area contributed by atoms with E-state index in [2.05, 4.69) is 20.8 Å². The summed E-state index contributed by atoms with van der Waals surface area (Å²) in [5, 5.41) is 0. The van der Waals surface area contributed by atoms with E-state index < -0.39 is 0 Å². The summed E-state index contributed by atoms with van der Waals surface area (Å²) >= 11 is 0. The smallest absolute Gasteiger partial charge is 0.0358 e. The van der Waals surface area contributed by atoms with Gasteiger partial charge in [-0.1, -0.05) is 59.3 Å². The molecule has 1 saturated carbocycles. The minimum absolute atomic E-state index is 1.02. The molecule has 0 aromatic heterocycles. The van der Waals surface area contributed by atoms with Crippen LogP contribution in [0.5, 0.6) is 0 Å². The Morgan fingerprint density at radius 2 is 1.62 bits per heavy atom. The third-order valence-corrected chi connectivity index (χ3v) is 4.15. The van der Waals surface area contributed by atoms with Gasteiger partial charge < -0.3 is 0 Å². The normalized spacial score (nSPS) is 29.5. The van der Waals surface area contributed by atoms with E-state index in [1.165, 1.54) is 44.9 Å². The highest BCUT2D eigenvalue weighted by Gasteiger charge is 2.28. The highest BCUT2D eigenvalue weighted by atomic mass is 14.3. The van der Waals surface area contributed by atoms with Crippen molar-refractivity contribution in [2.45, 2.75) is 65.7 Å². The van der Waals surface area contributed by atoms with Crippen molar-refractivity contribution in [2.24, 2.45) is 17.8 Å². The lowest BCUT2D eigenvalue weighted by Crippen LogP contribution is -2.25. The second-order valence-corrected chi connectivity index (χ2v) is 4.69. The molecule has 2 unspecified atom stereocenters. The minimum atomic E-state index is 1.02. The van der Waals surface area contributed by atoms with Crippen LogP contribution in [0.4, 0.5) is 0 Å². The van der Waals surface area contributed by atoms with Crippen LogP contribution in [-0.4, -0.2) is 0 Å². The zero-order valence-electron chi connectivity index (χ0n) is 9.68. The van der Waals surface area contributed by atoms with Gasteiger partial charge in [0.05, 0.1) is 0 Å². The highest BCUT2D eigenvalue weighted by Crippen LogP contribution is 2.39. The molecule has 0 amide bonds. The van der Waals surface area contributed by atoms with E-state index in [1.54, 1.807) is 0 Å². The predicted molar refractivity (Wildman–Crippen MR) is 59.8 cm³/mol. The van der Waals surface area contributed by atoms with E-state index in [4.69, 9.17) is 0 Å². The van der Waals surface area contributed by atoms with Gasteiger partial charge in [0, 0.05) is 0 Å². The molecule has 0 saturated heterocycles. The van der Waals surface area contributed by atoms with E-state index in [0.717, 1.165) is 17.8 Å². The molecule has 1 aliphatic carbocycles. The first-order chi connectivity index (χ1) is 6.33. The Morgan fingerprint density at radius 1 is 1.00 bits per heavy atom. The Kier molecular flexibility index (Phi) is 4.83. The molecule has 1 rings (SSSR count). The third-order valence-electron chi connectivity index (χ3n) is 4.15. The highest BCUT2D eigenvalue weighted by molar-refractivity contribution is 4.79. The molecule has 0 heterocycles. The first-order valence-electron chi connectivity index (χ1n) is 6.33. The maximum absolute atomic E-state index is 2.38. The lowest BCUT2D eigenvalue weighted by Gasteiger charge is -2.36. The first kappa shape index (κ1) is 11.1. The van der Waals surface area contributed by atoms with Crippen LogP contribution in [0.2, 0.25) is 0 Å². The average Bonchev–Trinajstić information content (AvgIpc) is 2.20. The van der Waals surface area contributed by atoms with Crippen molar-refractivity contribution in [3.63, 3.8) is 0 Å². The summed E-state index contributed by atoms with van der Waals surface area (Å²) in [5.74, 6) is 3.14. The van der Waals surface area contributed by atoms with Crippen LogP contribution in [0.3, 0.4) is 0 Å².